The molecule has 0 saturated carbocycles. The summed E-state index contributed by atoms with van der Waals surface area (Å²) in [5.74, 6) is 0.405. The van der Waals surface area contributed by atoms with Gasteiger partial charge >= 0.3 is 0 Å². The van der Waals surface area contributed by atoms with Gasteiger partial charge in [-0.2, -0.15) is 0 Å². The van der Waals surface area contributed by atoms with Crippen molar-refractivity contribution in [2.45, 2.75) is 69.1 Å². The molecule has 45 heavy (non-hydrogen) atoms. The van der Waals surface area contributed by atoms with Gasteiger partial charge in [-0.05, 0) is 89.0 Å². The van der Waals surface area contributed by atoms with Gasteiger partial charge in [-0.25, -0.2) is 0 Å². The molecule has 0 aromatic heterocycles. The van der Waals surface area contributed by atoms with Crippen LogP contribution in [0.3, 0.4) is 0 Å². The molecule has 0 bridgehead atoms. The summed E-state index contributed by atoms with van der Waals surface area (Å²) >= 11 is 8.92. The number of anilines is 1. The summed E-state index contributed by atoms with van der Waals surface area (Å²) in [6, 6.07) is 21.8. The van der Waals surface area contributed by atoms with Crippen molar-refractivity contribution in [1.29, 1.82) is 0 Å². The third kappa shape index (κ3) is 5.62. The van der Waals surface area contributed by atoms with Gasteiger partial charge in [0.25, 0.3) is 5.91 Å². The van der Waals surface area contributed by atoms with Crippen LogP contribution in [-0.2, 0) is 26.5 Å². The summed E-state index contributed by atoms with van der Waals surface area (Å²) in [5.41, 5.74) is 1.24. The molecule has 238 valence electrons. The molecule has 0 aliphatic carbocycles. The van der Waals surface area contributed by atoms with Crippen LogP contribution in [0.2, 0.25) is 23.7 Å². The zero-order valence-electron chi connectivity index (χ0n) is 26.1. The number of methoxy groups -OCH3 is 1. The first-order chi connectivity index (χ1) is 21.5. The minimum absolute atomic E-state index is 0.0298. The van der Waals surface area contributed by atoms with Crippen molar-refractivity contribution in [2.75, 3.05) is 25.2 Å². The van der Waals surface area contributed by atoms with E-state index in [2.05, 4.69) is 60.8 Å². The fourth-order valence-electron chi connectivity index (χ4n) is 8.10. The number of nitrogens with zero attached hydrogens (tertiary/aromatic N) is 2. The molecule has 3 heterocycles. The number of aliphatic hydroxyl groups excluding tert-OH is 1. The molecule has 5 atom stereocenters. The van der Waals surface area contributed by atoms with Crippen LogP contribution in [0.25, 0.3) is 0 Å². The third-order valence-corrected chi connectivity index (χ3v) is 15.6. The van der Waals surface area contributed by atoms with Crippen LogP contribution < -0.4 is 14.8 Å². The molecule has 3 aromatic rings. The van der Waals surface area contributed by atoms with Crippen LogP contribution in [0.15, 0.2) is 66.7 Å². The molecule has 3 aliphatic heterocycles. The minimum Gasteiger partial charge on any atom is -0.497 e. The summed E-state index contributed by atoms with van der Waals surface area (Å²) in [6.45, 7) is 7.72. The normalized spacial score (nSPS) is 26.2. The Morgan fingerprint density at radius 1 is 1.16 bits per heavy atom. The number of hydrogen-bond acceptors (Lipinski definition) is 5. The molecule has 0 unspecified atom stereocenters. The number of amides is 2. The summed E-state index contributed by atoms with van der Waals surface area (Å²) in [7, 11) is -0.750. The van der Waals surface area contributed by atoms with E-state index >= 15 is 0 Å². The average Bonchev–Trinajstić information content (AvgIpc) is 3.68. The molecule has 1 spiro atoms. The van der Waals surface area contributed by atoms with Gasteiger partial charge in [-0.15, -0.1) is 0 Å². The van der Waals surface area contributed by atoms with Crippen molar-refractivity contribution in [2.24, 2.45) is 5.92 Å². The summed E-state index contributed by atoms with van der Waals surface area (Å²) < 4.78 is 13.7. The molecule has 10 heteroatoms. The van der Waals surface area contributed by atoms with Gasteiger partial charge in [0.15, 0.2) is 5.60 Å². The standard InChI is InChI=1S/C35H40ClIN2O5Si/c1-22-33(45(3,4)28-13-11-27(43-2)12-14-28)31(19-32(41)38-16-6-9-26(38)21-40)44-35(22)29-18-24(36)10-15-30(29)39(34(35)42)20-23-7-5-8-25(37)17-23/h5,7-8,10-15,17-18,22,26,31,33,40H,6,9,16,19-21H2,1-4H3/t22-,26+,31+,33-,35+/m1/s1. The Kier molecular flexibility index (Phi) is 9.12. The van der Waals surface area contributed by atoms with Crippen LogP contribution in [0.4, 0.5) is 5.69 Å². The summed E-state index contributed by atoms with van der Waals surface area (Å²) in [4.78, 5) is 32.5. The monoisotopic (exact) mass is 758 g/mol. The predicted octanol–water partition coefficient (Wildman–Crippen LogP) is 6.09. The number of fused-ring (bicyclic) bond motifs is 2. The maximum atomic E-state index is 14.9. The first-order valence-corrected chi connectivity index (χ1v) is 20.1. The van der Waals surface area contributed by atoms with Gasteiger partial charge in [0.1, 0.15) is 5.75 Å². The number of ether oxygens (including phenoxy) is 2. The number of hydrogen-bond donors (Lipinski definition) is 1. The van der Waals surface area contributed by atoms with Gasteiger partial charge in [0.2, 0.25) is 5.91 Å². The second kappa shape index (κ2) is 12.6. The van der Waals surface area contributed by atoms with Crippen LogP contribution in [0.1, 0.15) is 37.3 Å². The zero-order valence-corrected chi connectivity index (χ0v) is 30.0. The quantitative estimate of drug-likeness (QED) is 0.223. The lowest BCUT2D eigenvalue weighted by molar-refractivity contribution is -0.150. The maximum Gasteiger partial charge on any atom is 0.264 e. The molecule has 7 nitrogen and oxygen atoms in total. The molecule has 2 amide bonds. The Morgan fingerprint density at radius 3 is 2.60 bits per heavy atom. The van der Waals surface area contributed by atoms with Crippen LogP contribution in [0, 0.1) is 9.49 Å². The van der Waals surface area contributed by atoms with E-state index in [0.717, 1.165) is 39.0 Å². The maximum absolute atomic E-state index is 14.9. The number of rotatable bonds is 8. The van der Waals surface area contributed by atoms with E-state index in [-0.39, 0.29) is 42.3 Å². The zero-order chi connectivity index (χ0) is 32.1. The Balaban J connectivity index is 1.44. The van der Waals surface area contributed by atoms with Crippen LogP contribution in [0.5, 0.6) is 5.75 Å². The highest BCUT2D eigenvalue weighted by molar-refractivity contribution is 14.1. The highest BCUT2D eigenvalue weighted by Crippen LogP contribution is 2.60. The Bertz CT molecular complexity index is 1600. The first kappa shape index (κ1) is 32.5. The third-order valence-electron chi connectivity index (χ3n) is 10.3. The van der Waals surface area contributed by atoms with Crippen molar-refractivity contribution < 1.29 is 24.2 Å². The highest BCUT2D eigenvalue weighted by atomic mass is 127. The fraction of sp³-hybridized carbons (Fsp3) is 0.429. The lowest BCUT2D eigenvalue weighted by Crippen LogP contribution is -2.52. The molecular formula is C35H40ClIN2O5Si. The Labute approximate surface area is 285 Å². The van der Waals surface area contributed by atoms with Crippen molar-refractivity contribution in [1.82, 2.24) is 4.90 Å². The van der Waals surface area contributed by atoms with Crippen LogP contribution in [-0.4, -0.2) is 62.3 Å². The van der Waals surface area contributed by atoms with Crippen molar-refractivity contribution in [3.8, 4) is 5.75 Å². The van der Waals surface area contributed by atoms with E-state index in [4.69, 9.17) is 21.1 Å². The minimum atomic E-state index is -2.41. The van der Waals surface area contributed by atoms with Gasteiger partial charge < -0.3 is 24.4 Å². The number of likely N-dealkylation sites (tertiary alicyclic amines) is 1. The van der Waals surface area contributed by atoms with Gasteiger partial charge in [-0.1, -0.05) is 61.1 Å². The lowest BCUT2D eigenvalue weighted by Gasteiger charge is -2.37. The first-order valence-electron chi connectivity index (χ1n) is 15.6. The second-order valence-corrected chi connectivity index (χ2v) is 19.5. The largest absolute Gasteiger partial charge is 0.497 e. The number of aliphatic hydroxyl groups is 1. The van der Waals surface area contributed by atoms with Crippen molar-refractivity contribution in [3.63, 3.8) is 0 Å². The molecule has 0 radical (unpaired) electrons. The SMILES string of the molecule is COc1ccc([Si](C)(C)[C@H]2[C@H](CC(=O)N3CCC[C@H]3CO)O[C@@]3(C(=O)N(Cc4cccc(I)c4)c4ccc(Cl)cc43)[C@@H]2C)cc1. The number of carbonyl (C=O) groups excluding carboxylic acids is 2. The fourth-order valence-corrected chi connectivity index (χ4v) is 12.9. The number of benzene rings is 3. The number of carbonyl (C=O) groups is 2. The Morgan fingerprint density at radius 2 is 1.91 bits per heavy atom. The smallest absolute Gasteiger partial charge is 0.264 e. The highest BCUT2D eigenvalue weighted by Gasteiger charge is 2.66. The summed E-state index contributed by atoms with van der Waals surface area (Å²) in [5, 5.41) is 11.7. The molecule has 2 fully saturated rings. The molecule has 3 aromatic carbocycles. The lowest BCUT2D eigenvalue weighted by atomic mass is 9.82. The topological polar surface area (TPSA) is 79.3 Å². The molecule has 1 N–H and O–H groups in total. The van der Waals surface area contributed by atoms with Crippen molar-refractivity contribution >= 4 is 65.0 Å². The van der Waals surface area contributed by atoms with Gasteiger partial charge in [0.05, 0.1) is 52.6 Å². The molecule has 3 aliphatic rings. The molecule has 6 rings (SSSR count). The molecular weight excluding hydrogens is 719 g/mol. The van der Waals surface area contributed by atoms with E-state index in [1.54, 1.807) is 7.11 Å². The Hall–Kier alpha value is -2.44. The number of halogens is 2. The predicted molar refractivity (Wildman–Crippen MR) is 188 cm³/mol. The van der Waals surface area contributed by atoms with Gasteiger partial charge in [0, 0.05) is 26.6 Å². The molecule has 2 saturated heterocycles. The summed E-state index contributed by atoms with van der Waals surface area (Å²) in [6.07, 6.45) is 1.32. The van der Waals surface area contributed by atoms with Crippen molar-refractivity contribution in [3.05, 3.63) is 86.4 Å². The van der Waals surface area contributed by atoms with Gasteiger partial charge in [-0.3, -0.25) is 9.59 Å². The van der Waals surface area contributed by atoms with E-state index in [1.165, 1.54) is 5.19 Å². The van der Waals surface area contributed by atoms with E-state index in [0.29, 0.717) is 18.1 Å². The average molecular weight is 759 g/mol. The van der Waals surface area contributed by atoms with Crippen LogP contribution >= 0.6 is 34.2 Å². The van der Waals surface area contributed by atoms with E-state index in [1.807, 2.05) is 58.3 Å². The van der Waals surface area contributed by atoms with E-state index < -0.39 is 19.8 Å². The second-order valence-electron chi connectivity index (χ2n) is 13.1. The van der Waals surface area contributed by atoms with E-state index in [9.17, 15) is 14.7 Å².